The van der Waals surface area contributed by atoms with Crippen molar-refractivity contribution in [3.63, 3.8) is 0 Å². The Morgan fingerprint density at radius 2 is 2.22 bits per heavy atom. The number of oxazole rings is 1. The zero-order valence-corrected chi connectivity index (χ0v) is 9.49. The predicted molar refractivity (Wildman–Crippen MR) is 62.7 cm³/mol. The van der Waals surface area contributed by atoms with Crippen LogP contribution >= 0.6 is 0 Å². The van der Waals surface area contributed by atoms with Crippen LogP contribution in [0.25, 0.3) is 0 Å². The number of anilines is 2. The van der Waals surface area contributed by atoms with E-state index in [1.54, 1.807) is 31.3 Å². The Kier molecular flexibility index (Phi) is 2.98. The molecule has 2 rings (SSSR count). The first-order valence-corrected chi connectivity index (χ1v) is 5.05. The van der Waals surface area contributed by atoms with E-state index in [9.17, 15) is 4.79 Å². The number of hydrogen-bond acceptors (Lipinski definition) is 5. The van der Waals surface area contributed by atoms with Crippen molar-refractivity contribution in [2.45, 2.75) is 0 Å². The number of nitriles is 1. The summed E-state index contributed by atoms with van der Waals surface area (Å²) in [5, 5.41) is 17.7. The lowest BCUT2D eigenvalue weighted by Crippen LogP contribution is -2.11. The molecule has 0 spiro atoms. The molecule has 1 aromatic carbocycles. The van der Waals surface area contributed by atoms with Gasteiger partial charge in [0.05, 0.1) is 11.3 Å². The molecule has 0 saturated heterocycles. The summed E-state index contributed by atoms with van der Waals surface area (Å²) in [5.41, 5.74) is 0.875. The van der Waals surface area contributed by atoms with Gasteiger partial charge in [-0.05, 0) is 12.1 Å². The lowest BCUT2D eigenvalue weighted by Gasteiger charge is -2.15. The van der Waals surface area contributed by atoms with Crippen LogP contribution in [0.15, 0.2) is 34.9 Å². The average molecular weight is 243 g/mol. The molecule has 1 N–H and O–H groups in total. The third kappa shape index (κ3) is 2.01. The van der Waals surface area contributed by atoms with Gasteiger partial charge in [0.1, 0.15) is 12.3 Å². The molecule has 1 aromatic heterocycles. The van der Waals surface area contributed by atoms with Crippen LogP contribution in [0, 0.1) is 11.3 Å². The topological polar surface area (TPSA) is 90.4 Å². The maximum atomic E-state index is 10.7. The molecule has 0 atom stereocenters. The van der Waals surface area contributed by atoms with Crippen molar-refractivity contribution in [3.05, 3.63) is 41.8 Å². The van der Waals surface area contributed by atoms with E-state index in [4.69, 9.17) is 14.8 Å². The fraction of sp³-hybridized carbons (Fsp3) is 0.0833. The molecule has 0 aliphatic heterocycles. The van der Waals surface area contributed by atoms with E-state index in [0.717, 1.165) is 6.26 Å². The largest absolute Gasteiger partial charge is 0.476 e. The van der Waals surface area contributed by atoms with Gasteiger partial charge in [0.2, 0.25) is 0 Å². The molecule has 18 heavy (non-hydrogen) atoms. The van der Waals surface area contributed by atoms with Crippen molar-refractivity contribution >= 4 is 17.7 Å². The molecule has 0 amide bonds. The Balaban J connectivity index is 2.38. The summed E-state index contributed by atoms with van der Waals surface area (Å²) in [5.74, 6) is -1.16. The number of nitrogens with zero attached hydrogens (tertiary/aromatic N) is 3. The van der Waals surface area contributed by atoms with Crippen LogP contribution in [0.5, 0.6) is 0 Å². The standard InChI is InChI=1S/C12H9N3O3/c1-15(10-5-3-2-4-8(10)6-13)12-14-9(7-18-12)11(16)17/h2-5,7H,1H3,(H,16,17). The van der Waals surface area contributed by atoms with E-state index in [-0.39, 0.29) is 11.7 Å². The minimum Gasteiger partial charge on any atom is -0.476 e. The first-order valence-electron chi connectivity index (χ1n) is 5.05. The van der Waals surface area contributed by atoms with Gasteiger partial charge in [-0.1, -0.05) is 12.1 Å². The normalized spacial score (nSPS) is 9.78. The highest BCUT2D eigenvalue weighted by Crippen LogP contribution is 2.25. The molecular weight excluding hydrogens is 234 g/mol. The number of aromatic nitrogens is 1. The molecule has 2 aromatic rings. The summed E-state index contributed by atoms with van der Waals surface area (Å²) in [7, 11) is 1.65. The first-order chi connectivity index (χ1) is 8.63. The molecule has 0 bridgehead atoms. The second kappa shape index (κ2) is 4.59. The van der Waals surface area contributed by atoms with E-state index in [0.29, 0.717) is 11.3 Å². The zero-order valence-electron chi connectivity index (χ0n) is 9.49. The molecule has 0 aliphatic carbocycles. The van der Waals surface area contributed by atoms with Crippen molar-refractivity contribution in [1.82, 2.24) is 4.98 Å². The molecule has 0 saturated carbocycles. The Morgan fingerprint density at radius 1 is 1.50 bits per heavy atom. The fourth-order valence-electron chi connectivity index (χ4n) is 1.48. The van der Waals surface area contributed by atoms with Gasteiger partial charge in [0.25, 0.3) is 0 Å². The molecule has 6 nitrogen and oxygen atoms in total. The Labute approximate surface area is 103 Å². The Bertz CT molecular complexity index is 627. The SMILES string of the molecule is CN(c1nc(C(=O)O)co1)c1ccccc1C#N. The molecule has 90 valence electrons. The maximum Gasteiger partial charge on any atom is 0.357 e. The summed E-state index contributed by atoms with van der Waals surface area (Å²) in [6.45, 7) is 0. The van der Waals surface area contributed by atoms with Crippen LogP contribution in [0.1, 0.15) is 16.1 Å². The lowest BCUT2D eigenvalue weighted by molar-refractivity contribution is 0.0690. The van der Waals surface area contributed by atoms with Gasteiger partial charge >= 0.3 is 12.0 Å². The van der Waals surface area contributed by atoms with E-state index in [1.807, 2.05) is 6.07 Å². The summed E-state index contributed by atoms with van der Waals surface area (Å²) < 4.78 is 5.07. The molecule has 6 heteroatoms. The van der Waals surface area contributed by atoms with Gasteiger partial charge in [0.15, 0.2) is 5.69 Å². The number of carboxylic acids is 1. The van der Waals surface area contributed by atoms with Crippen molar-refractivity contribution in [1.29, 1.82) is 5.26 Å². The minimum absolute atomic E-state index is 0.120. The highest BCUT2D eigenvalue weighted by Gasteiger charge is 2.16. The number of rotatable bonds is 3. The number of aromatic carboxylic acids is 1. The van der Waals surface area contributed by atoms with Gasteiger partial charge in [-0.3, -0.25) is 4.90 Å². The van der Waals surface area contributed by atoms with Gasteiger partial charge < -0.3 is 9.52 Å². The van der Waals surface area contributed by atoms with Crippen molar-refractivity contribution in [2.24, 2.45) is 0 Å². The summed E-state index contributed by atoms with van der Waals surface area (Å²) in [6.07, 6.45) is 1.06. The number of benzene rings is 1. The zero-order chi connectivity index (χ0) is 13.1. The summed E-state index contributed by atoms with van der Waals surface area (Å²) in [6, 6.07) is 9.07. The second-order valence-electron chi connectivity index (χ2n) is 3.51. The molecule has 0 radical (unpaired) electrons. The van der Waals surface area contributed by atoms with Crippen LogP contribution in [-0.4, -0.2) is 23.1 Å². The second-order valence-corrected chi connectivity index (χ2v) is 3.51. The molecule has 0 fully saturated rings. The molecule has 0 aliphatic rings. The monoisotopic (exact) mass is 243 g/mol. The third-order valence-electron chi connectivity index (χ3n) is 2.38. The van der Waals surface area contributed by atoms with Gasteiger partial charge in [-0.2, -0.15) is 10.2 Å². The van der Waals surface area contributed by atoms with Crippen LogP contribution in [0.2, 0.25) is 0 Å². The summed E-state index contributed by atoms with van der Waals surface area (Å²) >= 11 is 0. The molecule has 0 unspecified atom stereocenters. The maximum absolute atomic E-state index is 10.7. The van der Waals surface area contributed by atoms with E-state index in [1.165, 1.54) is 4.90 Å². The van der Waals surface area contributed by atoms with Gasteiger partial charge in [0, 0.05) is 7.05 Å². The predicted octanol–water partition coefficient (Wildman–Crippen LogP) is 2.01. The highest BCUT2D eigenvalue weighted by atomic mass is 16.4. The van der Waals surface area contributed by atoms with Crippen LogP contribution in [0.4, 0.5) is 11.7 Å². The smallest absolute Gasteiger partial charge is 0.357 e. The number of hydrogen-bond donors (Lipinski definition) is 1. The van der Waals surface area contributed by atoms with Crippen molar-refractivity contribution in [2.75, 3.05) is 11.9 Å². The number of carboxylic acid groups (broad SMARTS) is 1. The molecule has 1 heterocycles. The van der Waals surface area contributed by atoms with E-state index >= 15 is 0 Å². The van der Waals surface area contributed by atoms with Crippen LogP contribution in [0.3, 0.4) is 0 Å². The highest BCUT2D eigenvalue weighted by molar-refractivity contribution is 5.85. The average Bonchev–Trinajstić information content (AvgIpc) is 2.87. The van der Waals surface area contributed by atoms with Gasteiger partial charge in [-0.15, -0.1) is 0 Å². The number of para-hydroxylation sites is 1. The fourth-order valence-corrected chi connectivity index (χ4v) is 1.48. The van der Waals surface area contributed by atoms with Crippen molar-refractivity contribution in [3.8, 4) is 6.07 Å². The number of carbonyl (C=O) groups is 1. The van der Waals surface area contributed by atoms with E-state index < -0.39 is 5.97 Å². The summed E-state index contributed by atoms with van der Waals surface area (Å²) in [4.78, 5) is 16.0. The lowest BCUT2D eigenvalue weighted by atomic mass is 10.2. The van der Waals surface area contributed by atoms with Crippen LogP contribution < -0.4 is 4.90 Å². The first kappa shape index (κ1) is 11.7. The Hall–Kier alpha value is -2.81. The van der Waals surface area contributed by atoms with Crippen molar-refractivity contribution < 1.29 is 14.3 Å². The van der Waals surface area contributed by atoms with Gasteiger partial charge in [-0.25, -0.2) is 4.79 Å². The van der Waals surface area contributed by atoms with E-state index in [2.05, 4.69) is 4.98 Å². The van der Waals surface area contributed by atoms with Crippen LogP contribution in [-0.2, 0) is 0 Å². The minimum atomic E-state index is -1.16. The molecular formula is C12H9N3O3. The quantitative estimate of drug-likeness (QED) is 0.886. The Morgan fingerprint density at radius 3 is 2.83 bits per heavy atom. The third-order valence-corrected chi connectivity index (χ3v) is 2.38.